The molecular weight excluding hydrogens is 252 g/mol. The minimum Gasteiger partial charge on any atom is -0.326 e. The van der Waals surface area contributed by atoms with Crippen LogP contribution in [0, 0.1) is 0 Å². The van der Waals surface area contributed by atoms with E-state index in [2.05, 4.69) is 5.32 Å². The summed E-state index contributed by atoms with van der Waals surface area (Å²) in [5.74, 6) is -1.03. The molecule has 18 heavy (non-hydrogen) atoms. The fraction of sp³-hybridized carbons (Fsp3) is 0.417. The number of amides is 1. The Morgan fingerprint density at radius 1 is 1.39 bits per heavy atom. The molecule has 0 fully saturated rings. The maximum atomic E-state index is 11.6. The predicted octanol–water partition coefficient (Wildman–Crippen LogP) is 0.907. The van der Waals surface area contributed by atoms with Crippen LogP contribution in [0.5, 0.6) is 0 Å². The van der Waals surface area contributed by atoms with Crippen molar-refractivity contribution in [2.24, 2.45) is 5.73 Å². The number of sulfone groups is 1. The van der Waals surface area contributed by atoms with Gasteiger partial charge in [-0.15, -0.1) is 0 Å². The number of hydrogen-bond donors (Lipinski definition) is 2. The highest BCUT2D eigenvalue weighted by atomic mass is 32.2. The van der Waals surface area contributed by atoms with Crippen LogP contribution < -0.4 is 11.1 Å². The van der Waals surface area contributed by atoms with E-state index in [1.54, 1.807) is 32.0 Å². The quantitative estimate of drug-likeness (QED) is 0.832. The Balaban J connectivity index is 2.71. The first kappa shape index (κ1) is 14.7. The second-order valence-corrected chi connectivity index (χ2v) is 6.87. The topological polar surface area (TPSA) is 89.3 Å². The lowest BCUT2D eigenvalue weighted by molar-refractivity contribution is -0.113. The zero-order valence-corrected chi connectivity index (χ0v) is 11.3. The number of anilines is 1. The lowest BCUT2D eigenvalue weighted by Gasteiger charge is -2.09. The molecule has 5 nitrogen and oxygen atoms in total. The largest absolute Gasteiger partial charge is 0.326 e. The molecule has 1 rings (SSSR count). The summed E-state index contributed by atoms with van der Waals surface area (Å²) in [5.41, 5.74) is 6.91. The number of hydrogen-bond acceptors (Lipinski definition) is 4. The van der Waals surface area contributed by atoms with Crippen molar-refractivity contribution in [3.63, 3.8) is 0 Å². The van der Waals surface area contributed by atoms with Crippen LogP contribution in [0.2, 0.25) is 0 Å². The SMILES string of the molecule is CC(C)S(=O)(=O)CC(=O)Nc1cccc(CN)c1. The molecular formula is C12H18N2O3S. The van der Waals surface area contributed by atoms with Crippen LogP contribution in [0.3, 0.4) is 0 Å². The average Bonchev–Trinajstić information content (AvgIpc) is 2.28. The third-order valence-corrected chi connectivity index (χ3v) is 4.60. The van der Waals surface area contributed by atoms with E-state index in [4.69, 9.17) is 5.73 Å². The first-order valence-electron chi connectivity index (χ1n) is 5.65. The summed E-state index contributed by atoms with van der Waals surface area (Å²) in [6, 6.07) is 7.01. The van der Waals surface area contributed by atoms with Gasteiger partial charge in [-0.25, -0.2) is 8.42 Å². The molecule has 0 atom stereocenters. The third-order valence-electron chi connectivity index (χ3n) is 2.50. The number of nitrogens with two attached hydrogens (primary N) is 1. The molecule has 0 radical (unpaired) electrons. The fourth-order valence-electron chi connectivity index (χ4n) is 1.32. The van der Waals surface area contributed by atoms with E-state index in [1.165, 1.54) is 0 Å². The van der Waals surface area contributed by atoms with Gasteiger partial charge in [0.05, 0.1) is 5.25 Å². The molecule has 0 bridgehead atoms. The van der Waals surface area contributed by atoms with Crippen LogP contribution in [0.15, 0.2) is 24.3 Å². The van der Waals surface area contributed by atoms with Gasteiger partial charge in [0.25, 0.3) is 0 Å². The van der Waals surface area contributed by atoms with Gasteiger partial charge in [0.1, 0.15) is 5.75 Å². The van der Waals surface area contributed by atoms with Crippen LogP contribution in [0.4, 0.5) is 5.69 Å². The van der Waals surface area contributed by atoms with Gasteiger partial charge in [-0.1, -0.05) is 12.1 Å². The summed E-state index contributed by atoms with van der Waals surface area (Å²) in [5, 5.41) is 2.00. The van der Waals surface area contributed by atoms with Crippen molar-refractivity contribution in [3.8, 4) is 0 Å². The highest BCUT2D eigenvalue weighted by molar-refractivity contribution is 7.92. The van der Waals surface area contributed by atoms with Crippen LogP contribution in [-0.2, 0) is 21.2 Å². The molecule has 1 aromatic rings. The Kier molecular flexibility index (Phi) is 4.86. The molecule has 0 saturated carbocycles. The predicted molar refractivity (Wildman–Crippen MR) is 71.9 cm³/mol. The maximum absolute atomic E-state index is 11.6. The zero-order valence-electron chi connectivity index (χ0n) is 10.5. The summed E-state index contributed by atoms with van der Waals surface area (Å²) < 4.78 is 23.1. The van der Waals surface area contributed by atoms with Crippen molar-refractivity contribution in [1.29, 1.82) is 0 Å². The second kappa shape index (κ2) is 5.97. The van der Waals surface area contributed by atoms with Gasteiger partial charge < -0.3 is 11.1 Å². The summed E-state index contributed by atoms with van der Waals surface area (Å²) >= 11 is 0. The Morgan fingerprint density at radius 2 is 2.06 bits per heavy atom. The number of carbonyl (C=O) groups is 1. The minimum atomic E-state index is -3.37. The van der Waals surface area contributed by atoms with E-state index in [1.807, 2.05) is 6.07 Å². The van der Waals surface area contributed by atoms with Crippen LogP contribution in [0.1, 0.15) is 19.4 Å². The molecule has 0 aliphatic carbocycles. The molecule has 0 heterocycles. The average molecular weight is 270 g/mol. The van der Waals surface area contributed by atoms with Crippen molar-refractivity contribution in [3.05, 3.63) is 29.8 Å². The van der Waals surface area contributed by atoms with Crippen LogP contribution in [-0.4, -0.2) is 25.3 Å². The van der Waals surface area contributed by atoms with Crippen molar-refractivity contribution < 1.29 is 13.2 Å². The van der Waals surface area contributed by atoms with Gasteiger partial charge in [0.15, 0.2) is 9.84 Å². The molecule has 0 aliphatic rings. The zero-order chi connectivity index (χ0) is 13.8. The molecule has 6 heteroatoms. The highest BCUT2D eigenvalue weighted by Crippen LogP contribution is 2.10. The number of carbonyl (C=O) groups excluding carboxylic acids is 1. The lowest BCUT2D eigenvalue weighted by atomic mass is 10.2. The molecule has 0 unspecified atom stereocenters. The number of benzene rings is 1. The Morgan fingerprint density at radius 3 is 2.61 bits per heavy atom. The monoisotopic (exact) mass is 270 g/mol. The number of rotatable bonds is 5. The smallest absolute Gasteiger partial charge is 0.239 e. The standard InChI is InChI=1S/C12H18N2O3S/c1-9(2)18(16,17)8-12(15)14-11-5-3-4-10(6-11)7-13/h3-6,9H,7-8,13H2,1-2H3,(H,14,15). The lowest BCUT2D eigenvalue weighted by Crippen LogP contribution is -2.27. The first-order chi connectivity index (χ1) is 8.35. The molecule has 1 aromatic carbocycles. The molecule has 1 amide bonds. The van der Waals surface area contributed by atoms with E-state index < -0.39 is 26.7 Å². The van der Waals surface area contributed by atoms with E-state index in [0.29, 0.717) is 12.2 Å². The molecule has 0 saturated heterocycles. The van der Waals surface area contributed by atoms with Crippen LogP contribution in [0.25, 0.3) is 0 Å². The van der Waals surface area contributed by atoms with Gasteiger partial charge >= 0.3 is 0 Å². The fourth-order valence-corrected chi connectivity index (χ4v) is 2.09. The van der Waals surface area contributed by atoms with Gasteiger partial charge in [-0.3, -0.25) is 4.79 Å². The molecule has 100 valence electrons. The summed E-state index contributed by atoms with van der Waals surface area (Å²) in [4.78, 5) is 11.6. The third kappa shape index (κ3) is 4.12. The Bertz CT molecular complexity index is 524. The minimum absolute atomic E-state index is 0.369. The van der Waals surface area contributed by atoms with Crippen molar-refractivity contribution in [2.45, 2.75) is 25.6 Å². The van der Waals surface area contributed by atoms with Gasteiger partial charge in [0, 0.05) is 12.2 Å². The van der Waals surface area contributed by atoms with E-state index in [-0.39, 0.29) is 0 Å². The van der Waals surface area contributed by atoms with Crippen molar-refractivity contribution in [1.82, 2.24) is 0 Å². The Labute approximate surface area is 107 Å². The van der Waals surface area contributed by atoms with E-state index in [9.17, 15) is 13.2 Å². The molecule has 0 spiro atoms. The normalized spacial score (nSPS) is 11.6. The van der Waals surface area contributed by atoms with Crippen molar-refractivity contribution in [2.75, 3.05) is 11.1 Å². The van der Waals surface area contributed by atoms with Crippen LogP contribution >= 0.6 is 0 Å². The van der Waals surface area contributed by atoms with Gasteiger partial charge in [0.2, 0.25) is 5.91 Å². The summed E-state index contributed by atoms with van der Waals surface area (Å²) in [7, 11) is -3.37. The van der Waals surface area contributed by atoms with Gasteiger partial charge in [-0.2, -0.15) is 0 Å². The van der Waals surface area contributed by atoms with Crippen molar-refractivity contribution >= 4 is 21.4 Å². The highest BCUT2D eigenvalue weighted by Gasteiger charge is 2.20. The maximum Gasteiger partial charge on any atom is 0.239 e. The van der Waals surface area contributed by atoms with E-state index in [0.717, 1.165) is 5.56 Å². The van der Waals surface area contributed by atoms with Gasteiger partial charge in [-0.05, 0) is 31.5 Å². The molecule has 0 aliphatic heterocycles. The summed E-state index contributed by atoms with van der Waals surface area (Å²) in [6.45, 7) is 3.48. The second-order valence-electron chi connectivity index (χ2n) is 4.31. The van der Waals surface area contributed by atoms with E-state index >= 15 is 0 Å². The molecule has 0 aromatic heterocycles. The number of nitrogens with one attached hydrogen (secondary N) is 1. The Hall–Kier alpha value is -1.40. The summed E-state index contributed by atoms with van der Waals surface area (Å²) in [6.07, 6.45) is 0. The molecule has 3 N–H and O–H groups in total. The first-order valence-corrected chi connectivity index (χ1v) is 7.37.